The van der Waals surface area contributed by atoms with Crippen LogP contribution in [-0.2, 0) is 78.8 Å². The highest BCUT2D eigenvalue weighted by Gasteiger charge is 2.41. The van der Waals surface area contributed by atoms with E-state index in [-0.39, 0.29) is 196 Å². The Labute approximate surface area is 799 Å². The third-order valence-electron chi connectivity index (χ3n) is 22.7. The number of ether oxygens (including phenoxy) is 3. The predicted octanol–water partition coefficient (Wildman–Crippen LogP) is 16.4. The topological polar surface area (TPSA) is 315 Å². The summed E-state index contributed by atoms with van der Waals surface area (Å²) >= 11 is 23.5. The minimum Gasteiger partial charge on any atom is -0.503 e. The van der Waals surface area contributed by atoms with Gasteiger partial charge in [-0.05, 0) is 131 Å². The van der Waals surface area contributed by atoms with E-state index in [0.717, 1.165) is 16.7 Å². The average molecular weight is 1940 g/mol. The van der Waals surface area contributed by atoms with Crippen LogP contribution >= 0.6 is 46.4 Å². The number of rotatable bonds is 25. The molecule has 136 heavy (non-hydrogen) atoms. The van der Waals surface area contributed by atoms with Gasteiger partial charge in [-0.25, -0.2) is 22.4 Å². The maximum atomic E-state index is 13.8. The molecule has 0 aliphatic carbocycles. The summed E-state index contributed by atoms with van der Waals surface area (Å²) in [5, 5.41) is 30.4. The van der Waals surface area contributed by atoms with Crippen LogP contribution in [0.5, 0.6) is 23.0 Å². The van der Waals surface area contributed by atoms with Crippen molar-refractivity contribution >= 4 is 105 Å². The minimum absolute atomic E-state index is 0.00408. The molecule has 0 bridgehead atoms. The maximum absolute atomic E-state index is 13.8. The first kappa shape index (κ1) is 101. The number of pyridine rings is 4. The molecule has 0 radical (unpaired) electrons. The summed E-state index contributed by atoms with van der Waals surface area (Å²) in [6.07, 6.45) is 0. The van der Waals surface area contributed by atoms with Gasteiger partial charge in [0.25, 0.3) is 35.4 Å². The number of fused-ring (bicyclic) bond motifs is 4. The van der Waals surface area contributed by atoms with Crippen LogP contribution in [0, 0.1) is 23.3 Å². The third-order valence-corrected chi connectivity index (χ3v) is 23.9. The average Bonchev–Trinajstić information content (AvgIpc) is 0.736. The second kappa shape index (κ2) is 43.5. The number of carboxylic acids is 1. The predicted molar refractivity (Wildman–Crippen MR) is 509 cm³/mol. The second-order valence-corrected chi connectivity index (χ2v) is 34.9. The SMILES string of the molecule is C=C(C)c1c(C(=O)N(C)C)n2c(c(OCc3ccccc3)c1=O)C(=O)N(Cc1ccc(F)c(Cl)c1)CC2.C=C(C)c1c(C(=O)O)n2c(c(OCc3ccccc3)c1=O)C(=O)N(Cc1ccc(F)c(Cl)c1)CC2.C=C(C)c1c(CO)n2c(c(OCc3ccccc3)c1=O)C(=O)N(Cc1ccc(F)c(Cl)c1)CC2.CC(C)c1c(C(=O)N(C)C)n2c(c(O)c1=O)C(=O)N(Cc1ccc(F)c(Cl)c1)CC2. The molecule has 27 nitrogen and oxygen atoms in total. The number of amides is 6. The summed E-state index contributed by atoms with van der Waals surface area (Å²) in [6, 6.07) is 44.5. The highest BCUT2D eigenvalue weighted by molar-refractivity contribution is 6.31. The fraction of sp³-hybridized carbons (Fsp3) is 0.257. The molecule has 11 aromatic rings. The van der Waals surface area contributed by atoms with Gasteiger partial charge in [0.2, 0.25) is 21.7 Å². The fourth-order valence-electron chi connectivity index (χ4n) is 16.2. The molecule has 0 fully saturated rings. The number of carboxylic acid groups (broad SMARTS) is 1. The summed E-state index contributed by atoms with van der Waals surface area (Å²) in [4.78, 5) is 155. The van der Waals surface area contributed by atoms with Crippen LogP contribution < -0.4 is 35.9 Å². The smallest absolute Gasteiger partial charge is 0.353 e. The highest BCUT2D eigenvalue weighted by atomic mass is 35.5. The van der Waals surface area contributed by atoms with Gasteiger partial charge in [0.05, 0.1) is 49.1 Å². The molecule has 7 aromatic carbocycles. The number of benzene rings is 7. The van der Waals surface area contributed by atoms with Crippen molar-refractivity contribution < 1.29 is 80.7 Å². The number of hydrogen-bond donors (Lipinski definition) is 3. The number of aromatic nitrogens is 4. The summed E-state index contributed by atoms with van der Waals surface area (Å²) in [5.74, 6) is -7.90. The van der Waals surface area contributed by atoms with E-state index < -0.39 is 98.8 Å². The zero-order valence-electron chi connectivity index (χ0n) is 75.7. The van der Waals surface area contributed by atoms with Gasteiger partial charge in [-0.1, -0.05) is 195 Å². The summed E-state index contributed by atoms with van der Waals surface area (Å²) in [7, 11) is 6.28. The molecule has 35 heteroatoms. The number of aromatic hydroxyl groups is 1. The number of aliphatic hydroxyl groups is 1. The van der Waals surface area contributed by atoms with Gasteiger partial charge in [-0.2, -0.15) is 0 Å². The molecule has 15 rings (SSSR count). The molecule has 4 aliphatic rings. The molecule has 0 saturated heterocycles. The quantitative estimate of drug-likeness (QED) is 0.0448. The maximum Gasteiger partial charge on any atom is 0.353 e. The normalized spacial score (nSPS) is 13.1. The molecule has 0 unspecified atom stereocenters. The van der Waals surface area contributed by atoms with E-state index in [2.05, 4.69) is 19.7 Å². The molecule has 3 N–H and O–H groups in total. The lowest BCUT2D eigenvalue weighted by Gasteiger charge is -2.33. The van der Waals surface area contributed by atoms with E-state index in [1.165, 1.54) is 101 Å². The van der Waals surface area contributed by atoms with Crippen molar-refractivity contribution in [2.75, 3.05) is 54.4 Å². The van der Waals surface area contributed by atoms with Gasteiger partial charge < -0.3 is 77.2 Å². The van der Waals surface area contributed by atoms with Crippen LogP contribution in [0.4, 0.5) is 17.6 Å². The van der Waals surface area contributed by atoms with Crippen LogP contribution in [0.2, 0.25) is 20.1 Å². The lowest BCUT2D eigenvalue weighted by Crippen LogP contribution is -2.45. The van der Waals surface area contributed by atoms with E-state index in [4.69, 9.17) is 60.6 Å². The monoisotopic (exact) mass is 1940 g/mol. The highest BCUT2D eigenvalue weighted by Crippen LogP contribution is 2.37. The zero-order valence-corrected chi connectivity index (χ0v) is 78.7. The Kier molecular flexibility index (Phi) is 32.3. The molecule has 4 aromatic heterocycles. The zero-order chi connectivity index (χ0) is 98.9. The number of carbonyl (C=O) groups is 7. The van der Waals surface area contributed by atoms with Crippen molar-refractivity contribution in [3.63, 3.8) is 0 Å². The summed E-state index contributed by atoms with van der Waals surface area (Å²) < 4.78 is 77.9. The van der Waals surface area contributed by atoms with Crippen LogP contribution in [0.3, 0.4) is 0 Å². The largest absolute Gasteiger partial charge is 0.503 e. The lowest BCUT2D eigenvalue weighted by atomic mass is 9.97. The molecule has 708 valence electrons. The van der Waals surface area contributed by atoms with E-state index in [0.29, 0.717) is 52.2 Å². The van der Waals surface area contributed by atoms with Gasteiger partial charge in [0.1, 0.15) is 60.2 Å². The summed E-state index contributed by atoms with van der Waals surface area (Å²) in [6.45, 7) is 22.1. The van der Waals surface area contributed by atoms with E-state index >= 15 is 0 Å². The number of carbonyl (C=O) groups excluding carboxylic acids is 6. The van der Waals surface area contributed by atoms with Gasteiger partial charge in [0.15, 0.2) is 45.8 Å². The Morgan fingerprint density at radius 3 is 0.963 bits per heavy atom. The van der Waals surface area contributed by atoms with Crippen LogP contribution in [0.25, 0.3) is 16.7 Å². The first-order chi connectivity index (χ1) is 64.6. The Hall–Kier alpha value is -14.1. The molecule has 0 atom stereocenters. The number of allylic oxidation sites excluding steroid dienone is 3. The second-order valence-electron chi connectivity index (χ2n) is 33.3. The van der Waals surface area contributed by atoms with Crippen LogP contribution in [0.15, 0.2) is 203 Å². The fourth-order valence-corrected chi connectivity index (χ4v) is 17.0. The number of halogens is 8. The van der Waals surface area contributed by atoms with Crippen molar-refractivity contribution in [2.45, 2.75) is 119 Å². The molecule has 8 heterocycles. The molecule has 0 saturated carbocycles. The lowest BCUT2D eigenvalue weighted by molar-refractivity contribution is 0.0637. The standard InChI is InChI=1S/C28H27ClFN3O4.C26H22ClFN2O5.C26H24ClFN2O4.C21H23ClFN3O4/c1-17(2)22-23(27(35)31(3)4)33-13-12-32(15-19-10-11-21(30)20(29)14-19)28(36)24(33)26(25(22)34)37-16-18-8-6-5-7-9-18;1-15(2)20-21(26(33)34)30-11-10-29(13-17-8-9-19(28)18(27)12-17)25(32)22(30)24(23(20)31)35-14-16-6-4-3-5-7-16;1-16(2)22-21(14-31)30-11-10-29(13-18-8-9-20(28)19(27)12-18)26(33)23(30)25(24(22)32)34-15-17-6-4-3-5-7-17;1-11(2)15-16(20(29)24(3)4)26-8-7-25(21(30)17(26)19(28)18(15)27)10-12-5-6-14(23)13(22)9-12/h5-11,14H,1,12-13,15-16H2,2-4H3;3-9,12H,1,10-11,13-14H2,2H3,(H,33,34);3-9,12,31H,1,10-11,13-15H2,2H3;5-6,9,11,28H,7-8,10H2,1-4H3. The Morgan fingerprint density at radius 1 is 0.390 bits per heavy atom. The Balaban J connectivity index is 0.000000163. The Bertz CT molecular complexity index is 6890. The van der Waals surface area contributed by atoms with E-state index in [1.807, 2.05) is 91.0 Å². The van der Waals surface area contributed by atoms with Gasteiger partial charge in [0, 0.05) is 112 Å². The van der Waals surface area contributed by atoms with Gasteiger partial charge >= 0.3 is 5.97 Å². The van der Waals surface area contributed by atoms with E-state index in [9.17, 15) is 85.6 Å². The summed E-state index contributed by atoms with van der Waals surface area (Å²) in [5.41, 5.74) is 3.94. The van der Waals surface area contributed by atoms with Crippen LogP contribution in [0.1, 0.15) is 181 Å². The van der Waals surface area contributed by atoms with Crippen LogP contribution in [-0.4, -0.2) is 159 Å². The Morgan fingerprint density at radius 2 is 0.669 bits per heavy atom. The molecular formula is C101H96Cl4F4N10O17. The van der Waals surface area contributed by atoms with Crippen molar-refractivity contribution in [1.29, 1.82) is 0 Å². The minimum atomic E-state index is -1.34. The number of aliphatic hydroxyl groups excluding tert-OH is 1. The van der Waals surface area contributed by atoms with Crippen molar-refractivity contribution in [1.82, 2.24) is 47.7 Å². The molecule has 4 aliphatic heterocycles. The molecule has 0 spiro atoms. The number of aromatic carboxylic acids is 1. The van der Waals surface area contributed by atoms with E-state index in [1.54, 1.807) is 82.1 Å². The van der Waals surface area contributed by atoms with Crippen molar-refractivity contribution in [3.05, 3.63) is 375 Å². The van der Waals surface area contributed by atoms with Gasteiger partial charge in [-0.15, -0.1) is 0 Å². The van der Waals surface area contributed by atoms with Crippen molar-refractivity contribution in [2.24, 2.45) is 0 Å². The molecular weight excluding hydrogens is 1840 g/mol. The first-order valence-electron chi connectivity index (χ1n) is 42.7. The molecule has 6 amide bonds. The number of hydrogen-bond acceptors (Lipinski definition) is 16. The third kappa shape index (κ3) is 21.8. The number of nitrogens with zero attached hydrogens (tertiary/aromatic N) is 10. The first-order valence-corrected chi connectivity index (χ1v) is 44.2. The van der Waals surface area contributed by atoms with Gasteiger partial charge in [-0.3, -0.25) is 47.9 Å². The van der Waals surface area contributed by atoms with Crippen molar-refractivity contribution in [3.8, 4) is 23.0 Å².